The van der Waals surface area contributed by atoms with Gasteiger partial charge in [-0.1, -0.05) is 50.5 Å². The molecule has 1 aromatic carbocycles. The van der Waals surface area contributed by atoms with E-state index in [4.69, 9.17) is 14.2 Å². The van der Waals surface area contributed by atoms with E-state index in [1.807, 2.05) is 0 Å². The Bertz CT molecular complexity index is 382. The second-order valence-corrected chi connectivity index (χ2v) is 4.61. The van der Waals surface area contributed by atoms with Gasteiger partial charge in [0.1, 0.15) is 6.29 Å². The summed E-state index contributed by atoms with van der Waals surface area (Å²) in [6.45, 7) is 2.74. The summed E-state index contributed by atoms with van der Waals surface area (Å²) in [4.78, 5) is 10.7. The Morgan fingerprint density at radius 2 is 1.70 bits per heavy atom. The van der Waals surface area contributed by atoms with Crippen molar-refractivity contribution < 1.29 is 19.0 Å². The molecule has 0 radical (unpaired) electrons. The number of hydrogen-bond donors (Lipinski definition) is 0. The highest BCUT2D eigenvalue weighted by Gasteiger charge is 2.33. The van der Waals surface area contributed by atoms with Gasteiger partial charge in [0.15, 0.2) is 0 Å². The van der Waals surface area contributed by atoms with Crippen LogP contribution >= 0.6 is 0 Å². The van der Waals surface area contributed by atoms with Gasteiger partial charge in [0, 0.05) is 25.3 Å². The molecular weight excluding hydrogens is 256 g/mol. The Balaban J connectivity index is 2.71. The van der Waals surface area contributed by atoms with E-state index in [9.17, 15) is 4.79 Å². The number of carbonyl (C=O) groups is 1. The Hall–Kier alpha value is -1.23. The van der Waals surface area contributed by atoms with Gasteiger partial charge in [0.05, 0.1) is 6.61 Å². The van der Waals surface area contributed by atoms with Crippen LogP contribution in [0.3, 0.4) is 0 Å². The Kier molecular flexibility index (Phi) is 7.44. The van der Waals surface area contributed by atoms with Crippen LogP contribution in [0.5, 0.6) is 0 Å². The van der Waals surface area contributed by atoms with Gasteiger partial charge in [0.25, 0.3) is 0 Å². The maximum absolute atomic E-state index is 10.7. The van der Waals surface area contributed by atoms with Gasteiger partial charge >= 0.3 is 5.97 Å². The molecule has 0 saturated heterocycles. The van der Waals surface area contributed by atoms with Crippen LogP contribution in [0.4, 0.5) is 0 Å². The molecule has 112 valence electrons. The largest absolute Gasteiger partial charge is 0.327 e. The van der Waals surface area contributed by atoms with Crippen molar-refractivity contribution >= 4 is 6.29 Å². The van der Waals surface area contributed by atoms with Crippen molar-refractivity contribution in [3.8, 4) is 0 Å². The molecule has 0 saturated carbocycles. The number of rotatable bonds is 10. The summed E-state index contributed by atoms with van der Waals surface area (Å²) in [5.74, 6) is -1.20. The fourth-order valence-electron chi connectivity index (χ4n) is 2.02. The molecule has 0 amide bonds. The lowest BCUT2D eigenvalue weighted by atomic mass is 10.1. The molecule has 0 unspecified atom stereocenters. The van der Waals surface area contributed by atoms with Crippen molar-refractivity contribution in [2.75, 3.05) is 20.8 Å². The highest BCUT2D eigenvalue weighted by molar-refractivity contribution is 5.74. The predicted octanol–water partition coefficient (Wildman–Crippen LogP) is 3.50. The second-order valence-electron chi connectivity index (χ2n) is 4.61. The molecular formula is C16H24O4. The van der Waals surface area contributed by atoms with Crippen molar-refractivity contribution in [1.29, 1.82) is 0 Å². The lowest BCUT2D eigenvalue weighted by Crippen LogP contribution is -2.34. The molecule has 0 aromatic heterocycles. The molecule has 20 heavy (non-hydrogen) atoms. The van der Waals surface area contributed by atoms with Crippen LogP contribution in [0.2, 0.25) is 0 Å². The standard InChI is InChI=1S/C16H24O4/c1-4-5-6-7-12-20-16(18-2,19-3)15-10-8-14(13-17)9-11-15/h8-11,13H,4-7,12H2,1-3H3. The topological polar surface area (TPSA) is 44.8 Å². The zero-order valence-electron chi connectivity index (χ0n) is 12.6. The number of benzene rings is 1. The summed E-state index contributed by atoms with van der Waals surface area (Å²) in [6.07, 6.45) is 5.28. The first-order valence-corrected chi connectivity index (χ1v) is 7.02. The van der Waals surface area contributed by atoms with E-state index in [0.29, 0.717) is 12.2 Å². The Labute approximate surface area is 121 Å². The number of ether oxygens (including phenoxy) is 3. The maximum atomic E-state index is 10.7. The van der Waals surface area contributed by atoms with Gasteiger partial charge in [0.2, 0.25) is 0 Å². The van der Waals surface area contributed by atoms with Gasteiger partial charge in [-0.3, -0.25) is 4.79 Å². The smallest absolute Gasteiger partial charge is 0.311 e. The van der Waals surface area contributed by atoms with Crippen LogP contribution in [0, 0.1) is 0 Å². The van der Waals surface area contributed by atoms with E-state index in [2.05, 4.69) is 6.92 Å². The van der Waals surface area contributed by atoms with E-state index in [0.717, 1.165) is 24.7 Å². The van der Waals surface area contributed by atoms with Crippen LogP contribution in [0.15, 0.2) is 24.3 Å². The van der Waals surface area contributed by atoms with Crippen LogP contribution in [0.25, 0.3) is 0 Å². The van der Waals surface area contributed by atoms with E-state index in [-0.39, 0.29) is 0 Å². The first kappa shape index (κ1) is 16.8. The third kappa shape index (κ3) is 4.40. The number of carbonyl (C=O) groups excluding carboxylic acids is 1. The molecule has 1 aromatic rings. The van der Waals surface area contributed by atoms with Crippen LogP contribution in [0.1, 0.15) is 48.5 Å². The second kappa shape index (κ2) is 8.84. The Morgan fingerprint density at radius 3 is 2.20 bits per heavy atom. The van der Waals surface area contributed by atoms with Gasteiger partial charge in [-0.2, -0.15) is 0 Å². The molecule has 0 aliphatic heterocycles. The zero-order valence-corrected chi connectivity index (χ0v) is 12.6. The highest BCUT2D eigenvalue weighted by atomic mass is 16.9. The summed E-state index contributed by atoms with van der Waals surface area (Å²) in [5, 5.41) is 0. The van der Waals surface area contributed by atoms with E-state index < -0.39 is 5.97 Å². The molecule has 0 aliphatic carbocycles. The lowest BCUT2D eigenvalue weighted by Gasteiger charge is -2.30. The van der Waals surface area contributed by atoms with Gasteiger partial charge in [-0.25, -0.2) is 0 Å². The van der Waals surface area contributed by atoms with E-state index in [1.54, 1.807) is 38.5 Å². The molecule has 0 heterocycles. The third-order valence-electron chi connectivity index (χ3n) is 3.23. The monoisotopic (exact) mass is 280 g/mol. The highest BCUT2D eigenvalue weighted by Crippen LogP contribution is 2.28. The van der Waals surface area contributed by atoms with Crippen molar-refractivity contribution in [3.63, 3.8) is 0 Å². The number of aldehydes is 1. The number of unbranched alkanes of at least 4 members (excludes halogenated alkanes) is 3. The number of methoxy groups -OCH3 is 2. The molecule has 0 bridgehead atoms. The molecule has 0 aliphatic rings. The third-order valence-corrected chi connectivity index (χ3v) is 3.23. The maximum Gasteiger partial charge on any atom is 0.311 e. The molecule has 0 fully saturated rings. The minimum atomic E-state index is -1.20. The molecule has 1 rings (SSSR count). The average Bonchev–Trinajstić information content (AvgIpc) is 2.52. The van der Waals surface area contributed by atoms with E-state index >= 15 is 0 Å². The summed E-state index contributed by atoms with van der Waals surface area (Å²) in [6, 6.07) is 7.00. The van der Waals surface area contributed by atoms with Crippen LogP contribution in [-0.4, -0.2) is 27.1 Å². The molecule has 4 nitrogen and oxygen atoms in total. The summed E-state index contributed by atoms with van der Waals surface area (Å²) >= 11 is 0. The molecule has 0 N–H and O–H groups in total. The predicted molar refractivity (Wildman–Crippen MR) is 77.6 cm³/mol. The van der Waals surface area contributed by atoms with E-state index in [1.165, 1.54) is 12.8 Å². The van der Waals surface area contributed by atoms with Crippen molar-refractivity contribution in [3.05, 3.63) is 35.4 Å². The zero-order chi connectivity index (χ0) is 14.8. The van der Waals surface area contributed by atoms with Crippen molar-refractivity contribution in [2.45, 2.75) is 38.6 Å². The minimum Gasteiger partial charge on any atom is -0.327 e. The summed E-state index contributed by atoms with van der Waals surface area (Å²) in [5.41, 5.74) is 1.35. The van der Waals surface area contributed by atoms with Crippen LogP contribution < -0.4 is 0 Å². The quantitative estimate of drug-likeness (QED) is 0.374. The first-order valence-electron chi connectivity index (χ1n) is 7.02. The summed E-state index contributed by atoms with van der Waals surface area (Å²) in [7, 11) is 3.09. The van der Waals surface area contributed by atoms with Crippen LogP contribution in [-0.2, 0) is 20.2 Å². The summed E-state index contributed by atoms with van der Waals surface area (Å²) < 4.78 is 16.6. The minimum absolute atomic E-state index is 0.567. The SMILES string of the molecule is CCCCCCOC(OC)(OC)c1ccc(C=O)cc1. The number of hydrogen-bond acceptors (Lipinski definition) is 4. The molecule has 0 spiro atoms. The first-order chi connectivity index (χ1) is 9.72. The molecule has 0 atom stereocenters. The fourth-order valence-corrected chi connectivity index (χ4v) is 2.02. The molecule has 4 heteroatoms. The van der Waals surface area contributed by atoms with Gasteiger partial charge < -0.3 is 14.2 Å². The van der Waals surface area contributed by atoms with Gasteiger partial charge in [-0.05, 0) is 6.42 Å². The van der Waals surface area contributed by atoms with Crippen molar-refractivity contribution in [2.24, 2.45) is 0 Å². The van der Waals surface area contributed by atoms with Gasteiger partial charge in [-0.15, -0.1) is 0 Å². The lowest BCUT2D eigenvalue weighted by molar-refractivity contribution is -0.375. The Morgan fingerprint density at radius 1 is 1.05 bits per heavy atom. The fraction of sp³-hybridized carbons (Fsp3) is 0.562. The van der Waals surface area contributed by atoms with Crippen molar-refractivity contribution in [1.82, 2.24) is 0 Å². The average molecular weight is 280 g/mol. The normalized spacial score (nSPS) is 11.6.